The number of pyridine rings is 1. The van der Waals surface area contributed by atoms with Gasteiger partial charge in [0, 0.05) is 42.0 Å². The highest BCUT2D eigenvalue weighted by atomic mass is 32.1. The van der Waals surface area contributed by atoms with E-state index < -0.39 is 17.5 Å². The maximum Gasteiger partial charge on any atom is 0.275 e. The van der Waals surface area contributed by atoms with Crippen molar-refractivity contribution in [1.82, 2.24) is 9.97 Å². The molecule has 1 fully saturated rings. The average Bonchev–Trinajstić information content (AvgIpc) is 3.22. The number of benzene rings is 1. The minimum Gasteiger partial charge on any atom is -0.378 e. The van der Waals surface area contributed by atoms with Crippen LogP contribution in [-0.4, -0.2) is 42.2 Å². The fourth-order valence-corrected chi connectivity index (χ4v) is 3.56. The molecule has 0 bridgehead atoms. The standard InChI is InChI=1S/C19H16F2N4O2S/c20-14-3-2-13(9-15(14)21)23-18(26)16-11-28-19(24-16)12-1-4-17(22-10-12)25-5-7-27-8-6-25/h1-4,9-11H,5-8H2,(H,23,26). The summed E-state index contributed by atoms with van der Waals surface area (Å²) in [5.41, 5.74) is 1.16. The van der Waals surface area contributed by atoms with Crippen LogP contribution in [0.5, 0.6) is 0 Å². The van der Waals surface area contributed by atoms with Crippen molar-refractivity contribution in [2.75, 3.05) is 36.5 Å². The molecule has 0 atom stereocenters. The van der Waals surface area contributed by atoms with E-state index in [4.69, 9.17) is 4.74 Å². The van der Waals surface area contributed by atoms with Gasteiger partial charge >= 0.3 is 0 Å². The highest BCUT2D eigenvalue weighted by Crippen LogP contribution is 2.25. The molecule has 6 nitrogen and oxygen atoms in total. The van der Waals surface area contributed by atoms with Crippen LogP contribution in [0.2, 0.25) is 0 Å². The van der Waals surface area contributed by atoms with Gasteiger partial charge in [-0.05, 0) is 24.3 Å². The molecule has 3 heterocycles. The van der Waals surface area contributed by atoms with Crippen LogP contribution in [0.25, 0.3) is 10.6 Å². The van der Waals surface area contributed by atoms with Crippen LogP contribution in [0.15, 0.2) is 41.9 Å². The van der Waals surface area contributed by atoms with Crippen LogP contribution in [0.3, 0.4) is 0 Å². The van der Waals surface area contributed by atoms with Crippen molar-refractivity contribution >= 4 is 28.7 Å². The molecule has 0 unspecified atom stereocenters. The number of thiazole rings is 1. The first-order chi connectivity index (χ1) is 13.6. The number of carbonyl (C=O) groups excluding carboxylic acids is 1. The van der Waals surface area contributed by atoms with Gasteiger partial charge in [0.05, 0.1) is 13.2 Å². The second kappa shape index (κ2) is 7.99. The van der Waals surface area contributed by atoms with E-state index in [2.05, 4.69) is 20.2 Å². The van der Waals surface area contributed by atoms with E-state index in [9.17, 15) is 13.6 Å². The van der Waals surface area contributed by atoms with Crippen LogP contribution in [0.4, 0.5) is 20.3 Å². The number of amides is 1. The number of carbonyl (C=O) groups is 1. The Morgan fingerprint density at radius 3 is 2.68 bits per heavy atom. The first kappa shape index (κ1) is 18.5. The lowest BCUT2D eigenvalue weighted by atomic mass is 10.2. The molecule has 0 saturated carbocycles. The highest BCUT2D eigenvalue weighted by molar-refractivity contribution is 7.13. The van der Waals surface area contributed by atoms with Crippen molar-refractivity contribution in [3.8, 4) is 10.6 Å². The summed E-state index contributed by atoms with van der Waals surface area (Å²) < 4.78 is 31.6. The van der Waals surface area contributed by atoms with Crippen molar-refractivity contribution in [2.24, 2.45) is 0 Å². The largest absolute Gasteiger partial charge is 0.378 e. The molecule has 0 spiro atoms. The van der Waals surface area contributed by atoms with Gasteiger partial charge in [-0.2, -0.15) is 0 Å². The minimum absolute atomic E-state index is 0.162. The average molecular weight is 402 g/mol. The summed E-state index contributed by atoms with van der Waals surface area (Å²) in [6.07, 6.45) is 1.72. The molecule has 9 heteroatoms. The van der Waals surface area contributed by atoms with E-state index in [0.717, 1.165) is 36.6 Å². The molecule has 1 saturated heterocycles. The number of ether oxygens (including phenoxy) is 1. The molecule has 1 N–H and O–H groups in total. The molecular weight excluding hydrogens is 386 g/mol. The van der Waals surface area contributed by atoms with E-state index >= 15 is 0 Å². The van der Waals surface area contributed by atoms with Crippen LogP contribution in [-0.2, 0) is 4.74 Å². The van der Waals surface area contributed by atoms with Gasteiger partial charge in [-0.3, -0.25) is 4.79 Å². The van der Waals surface area contributed by atoms with E-state index in [0.29, 0.717) is 18.2 Å². The Morgan fingerprint density at radius 2 is 1.96 bits per heavy atom. The third kappa shape index (κ3) is 4.00. The molecular formula is C19H16F2N4O2S. The quantitative estimate of drug-likeness (QED) is 0.723. The first-order valence-corrected chi connectivity index (χ1v) is 9.49. The molecule has 144 valence electrons. The van der Waals surface area contributed by atoms with Crippen LogP contribution in [0, 0.1) is 11.6 Å². The third-order valence-corrected chi connectivity index (χ3v) is 5.14. The minimum atomic E-state index is -1.02. The molecule has 1 aromatic carbocycles. The first-order valence-electron chi connectivity index (χ1n) is 8.61. The lowest BCUT2D eigenvalue weighted by Crippen LogP contribution is -2.36. The van der Waals surface area contributed by atoms with Gasteiger partial charge in [-0.1, -0.05) is 0 Å². The van der Waals surface area contributed by atoms with Crippen LogP contribution < -0.4 is 10.2 Å². The van der Waals surface area contributed by atoms with Crippen molar-refractivity contribution in [3.63, 3.8) is 0 Å². The van der Waals surface area contributed by atoms with E-state index in [1.807, 2.05) is 12.1 Å². The number of nitrogens with zero attached hydrogens (tertiary/aromatic N) is 3. The Morgan fingerprint density at radius 1 is 1.14 bits per heavy atom. The second-order valence-corrected chi connectivity index (χ2v) is 6.98. The Balaban J connectivity index is 1.46. The van der Waals surface area contributed by atoms with Gasteiger partial charge in [-0.25, -0.2) is 18.7 Å². The Bertz CT molecular complexity index is 988. The number of hydrogen-bond donors (Lipinski definition) is 1. The molecule has 2 aromatic heterocycles. The fourth-order valence-electron chi connectivity index (χ4n) is 2.77. The lowest BCUT2D eigenvalue weighted by molar-refractivity contribution is 0.102. The summed E-state index contributed by atoms with van der Waals surface area (Å²) in [5.74, 6) is -1.61. The van der Waals surface area contributed by atoms with Gasteiger partial charge in [0.15, 0.2) is 11.6 Å². The zero-order valence-corrected chi connectivity index (χ0v) is 15.5. The van der Waals surface area contributed by atoms with Crippen molar-refractivity contribution < 1.29 is 18.3 Å². The smallest absolute Gasteiger partial charge is 0.275 e. The Labute approximate surface area is 163 Å². The summed E-state index contributed by atoms with van der Waals surface area (Å²) in [6.45, 7) is 2.98. The molecule has 1 aliphatic heterocycles. The third-order valence-electron chi connectivity index (χ3n) is 4.24. The number of rotatable bonds is 4. The number of hydrogen-bond acceptors (Lipinski definition) is 6. The highest BCUT2D eigenvalue weighted by Gasteiger charge is 2.15. The molecule has 3 aromatic rings. The van der Waals surface area contributed by atoms with E-state index in [1.54, 1.807) is 11.6 Å². The van der Waals surface area contributed by atoms with Crippen LogP contribution in [0.1, 0.15) is 10.5 Å². The van der Waals surface area contributed by atoms with E-state index in [-0.39, 0.29) is 11.4 Å². The molecule has 0 aliphatic carbocycles. The Hall–Kier alpha value is -2.91. The number of anilines is 2. The fraction of sp³-hybridized carbons (Fsp3) is 0.211. The summed E-state index contributed by atoms with van der Waals surface area (Å²) in [6, 6.07) is 7.00. The summed E-state index contributed by atoms with van der Waals surface area (Å²) in [7, 11) is 0. The van der Waals surface area contributed by atoms with Gasteiger partial charge in [0.2, 0.25) is 0 Å². The topological polar surface area (TPSA) is 67.4 Å². The maximum atomic E-state index is 13.3. The normalized spacial score (nSPS) is 14.1. The number of nitrogens with one attached hydrogen (secondary N) is 1. The summed E-state index contributed by atoms with van der Waals surface area (Å²) >= 11 is 1.31. The molecule has 1 amide bonds. The predicted molar refractivity (Wildman–Crippen MR) is 103 cm³/mol. The molecule has 4 rings (SSSR count). The van der Waals surface area contributed by atoms with E-state index in [1.165, 1.54) is 17.4 Å². The zero-order valence-electron chi connectivity index (χ0n) is 14.7. The van der Waals surface area contributed by atoms with Gasteiger partial charge < -0.3 is 15.0 Å². The molecule has 1 aliphatic rings. The number of aromatic nitrogens is 2. The summed E-state index contributed by atoms with van der Waals surface area (Å²) in [5, 5.41) is 4.77. The summed E-state index contributed by atoms with van der Waals surface area (Å²) in [4.78, 5) is 23.2. The van der Waals surface area contributed by atoms with Gasteiger partial charge in [-0.15, -0.1) is 11.3 Å². The SMILES string of the molecule is O=C(Nc1ccc(F)c(F)c1)c1csc(-c2ccc(N3CCOCC3)nc2)n1. The lowest BCUT2D eigenvalue weighted by Gasteiger charge is -2.27. The van der Waals surface area contributed by atoms with Gasteiger partial charge in [0.1, 0.15) is 16.5 Å². The predicted octanol–water partition coefficient (Wildman–Crippen LogP) is 3.57. The maximum absolute atomic E-state index is 13.3. The van der Waals surface area contributed by atoms with Crippen molar-refractivity contribution in [3.05, 3.63) is 59.2 Å². The Kier molecular flexibility index (Phi) is 5.27. The monoisotopic (exact) mass is 402 g/mol. The number of morpholine rings is 1. The molecule has 28 heavy (non-hydrogen) atoms. The number of halogens is 2. The zero-order chi connectivity index (χ0) is 19.5. The van der Waals surface area contributed by atoms with Crippen molar-refractivity contribution in [1.29, 1.82) is 0 Å². The second-order valence-electron chi connectivity index (χ2n) is 6.13. The molecule has 0 radical (unpaired) electrons. The van der Waals surface area contributed by atoms with Gasteiger partial charge in [0.25, 0.3) is 5.91 Å². The van der Waals surface area contributed by atoms with Crippen molar-refractivity contribution in [2.45, 2.75) is 0 Å². The van der Waals surface area contributed by atoms with Crippen LogP contribution >= 0.6 is 11.3 Å².